The van der Waals surface area contributed by atoms with Crippen LogP contribution in [0.2, 0.25) is 0 Å². The van der Waals surface area contributed by atoms with Gasteiger partial charge in [-0.3, -0.25) is 0 Å². The zero-order valence-electron chi connectivity index (χ0n) is 14.8. The number of furan rings is 1. The monoisotopic (exact) mass is 402 g/mol. The van der Waals surface area contributed by atoms with Gasteiger partial charge in [-0.1, -0.05) is 12.1 Å². The van der Waals surface area contributed by atoms with Crippen LogP contribution < -0.4 is 19.3 Å². The topological polar surface area (TPSA) is 118 Å². The van der Waals surface area contributed by atoms with E-state index in [9.17, 15) is 18.3 Å². The van der Waals surface area contributed by atoms with Crippen molar-refractivity contribution in [1.82, 2.24) is 4.72 Å². The highest BCUT2D eigenvalue weighted by Gasteiger charge is 2.24. The van der Waals surface area contributed by atoms with Crippen LogP contribution in [0, 0.1) is 6.92 Å². The minimum Gasteiger partial charge on any atom is -0.542 e. The molecule has 0 saturated carbocycles. The normalized spacial score (nSPS) is 16.2. The minimum absolute atomic E-state index is 0.00840. The standard InChI is InChI=1S/C19H17NO7S/c1-11-14-8-13(6-7-15(14)27-18(11)19(21)22)28(23,24)20-9-12-10-25-16-4-2-3-5-17(16)26-12/h2-8,12,20H,9-10H2,1H3,(H,21,22)/p-1. The lowest BCUT2D eigenvalue weighted by Crippen LogP contribution is -2.40. The van der Waals surface area contributed by atoms with Crippen LogP contribution in [0.4, 0.5) is 0 Å². The number of aryl methyl sites for hydroxylation is 1. The second-order valence-electron chi connectivity index (χ2n) is 6.35. The molecule has 8 nitrogen and oxygen atoms in total. The largest absolute Gasteiger partial charge is 0.542 e. The first kappa shape index (κ1) is 18.3. The van der Waals surface area contributed by atoms with Crippen LogP contribution in [0.1, 0.15) is 16.1 Å². The highest BCUT2D eigenvalue weighted by atomic mass is 32.2. The van der Waals surface area contributed by atoms with Gasteiger partial charge < -0.3 is 23.8 Å². The third kappa shape index (κ3) is 3.30. The zero-order chi connectivity index (χ0) is 19.9. The third-order valence-corrected chi connectivity index (χ3v) is 5.89. The quantitative estimate of drug-likeness (QED) is 0.682. The molecule has 1 aromatic heterocycles. The van der Waals surface area contributed by atoms with E-state index in [1.165, 1.54) is 25.1 Å². The Morgan fingerprint density at radius 1 is 1.21 bits per heavy atom. The zero-order valence-corrected chi connectivity index (χ0v) is 15.6. The Morgan fingerprint density at radius 3 is 2.71 bits per heavy atom. The summed E-state index contributed by atoms with van der Waals surface area (Å²) in [5.74, 6) is -0.593. The van der Waals surface area contributed by atoms with Crippen molar-refractivity contribution < 1.29 is 32.2 Å². The summed E-state index contributed by atoms with van der Waals surface area (Å²) < 4.78 is 44.3. The number of carbonyl (C=O) groups is 1. The average molecular weight is 402 g/mol. The second kappa shape index (κ2) is 6.84. The number of carbonyl (C=O) groups excluding carboxylic acids is 1. The van der Waals surface area contributed by atoms with Crippen molar-refractivity contribution in [3.63, 3.8) is 0 Å². The molecular weight excluding hydrogens is 386 g/mol. The van der Waals surface area contributed by atoms with E-state index in [2.05, 4.69) is 4.72 Å². The van der Waals surface area contributed by atoms with Gasteiger partial charge in [-0.2, -0.15) is 0 Å². The van der Waals surface area contributed by atoms with Crippen molar-refractivity contribution in [2.75, 3.05) is 13.2 Å². The summed E-state index contributed by atoms with van der Waals surface area (Å²) in [5, 5.41) is 11.5. The molecule has 2 aromatic carbocycles. The van der Waals surface area contributed by atoms with E-state index in [1.54, 1.807) is 18.2 Å². The van der Waals surface area contributed by atoms with Crippen LogP contribution in [0.5, 0.6) is 11.5 Å². The lowest BCUT2D eigenvalue weighted by molar-refractivity contribution is -0.257. The van der Waals surface area contributed by atoms with Crippen molar-refractivity contribution in [2.24, 2.45) is 0 Å². The number of rotatable bonds is 5. The molecule has 28 heavy (non-hydrogen) atoms. The van der Waals surface area contributed by atoms with Gasteiger partial charge in [0.05, 0.1) is 11.4 Å². The Balaban J connectivity index is 1.52. The number of carboxylic acid groups (broad SMARTS) is 1. The first-order valence-corrected chi connectivity index (χ1v) is 9.96. The highest BCUT2D eigenvalue weighted by molar-refractivity contribution is 7.89. The van der Waals surface area contributed by atoms with Crippen molar-refractivity contribution in [3.05, 3.63) is 53.8 Å². The van der Waals surface area contributed by atoms with Gasteiger partial charge in [0, 0.05) is 10.9 Å². The molecule has 0 fully saturated rings. The number of ether oxygens (including phenoxy) is 2. The van der Waals surface area contributed by atoms with E-state index >= 15 is 0 Å². The summed E-state index contributed by atoms with van der Waals surface area (Å²) in [6, 6.07) is 11.3. The molecule has 0 spiro atoms. The number of carboxylic acids is 1. The van der Waals surface area contributed by atoms with Gasteiger partial charge in [-0.25, -0.2) is 13.1 Å². The molecule has 0 amide bonds. The summed E-state index contributed by atoms with van der Waals surface area (Å²) in [6.45, 7) is 1.77. The molecule has 146 valence electrons. The lowest BCUT2D eigenvalue weighted by atomic mass is 10.1. The van der Waals surface area contributed by atoms with Gasteiger partial charge in [-0.05, 0) is 37.3 Å². The van der Waals surface area contributed by atoms with Crippen molar-refractivity contribution in [2.45, 2.75) is 17.9 Å². The Bertz CT molecular complexity index is 1170. The van der Waals surface area contributed by atoms with E-state index in [-0.39, 0.29) is 29.4 Å². The van der Waals surface area contributed by atoms with Gasteiger partial charge in [0.25, 0.3) is 0 Å². The van der Waals surface area contributed by atoms with Crippen molar-refractivity contribution >= 4 is 27.0 Å². The van der Waals surface area contributed by atoms with Gasteiger partial charge in [-0.15, -0.1) is 0 Å². The molecule has 1 aliphatic heterocycles. The summed E-state index contributed by atoms with van der Waals surface area (Å²) in [5.41, 5.74) is 0.587. The maximum Gasteiger partial charge on any atom is 0.240 e. The molecule has 0 aliphatic carbocycles. The van der Waals surface area contributed by atoms with Crippen LogP contribution in [-0.2, 0) is 10.0 Å². The number of benzene rings is 2. The average Bonchev–Trinajstić information content (AvgIpc) is 3.03. The van der Waals surface area contributed by atoms with E-state index in [0.717, 1.165) is 0 Å². The number of fused-ring (bicyclic) bond motifs is 2. The number of sulfonamides is 1. The summed E-state index contributed by atoms with van der Waals surface area (Å²) >= 11 is 0. The molecule has 0 saturated heterocycles. The molecular formula is C19H16NO7S-. The Morgan fingerprint density at radius 2 is 1.96 bits per heavy atom. The number of nitrogens with one attached hydrogen (secondary N) is 1. The van der Waals surface area contributed by atoms with Crippen LogP contribution in [0.25, 0.3) is 11.0 Å². The third-order valence-electron chi connectivity index (χ3n) is 4.47. The molecule has 3 aromatic rings. The second-order valence-corrected chi connectivity index (χ2v) is 8.12. The van der Waals surface area contributed by atoms with Gasteiger partial charge in [0.2, 0.25) is 10.0 Å². The van der Waals surface area contributed by atoms with Crippen LogP contribution in [0.15, 0.2) is 51.8 Å². The molecule has 2 heterocycles. The first-order valence-electron chi connectivity index (χ1n) is 8.48. The molecule has 1 aliphatic rings. The van der Waals surface area contributed by atoms with Crippen molar-refractivity contribution in [1.29, 1.82) is 0 Å². The molecule has 0 radical (unpaired) electrons. The summed E-state index contributed by atoms with van der Waals surface area (Å²) in [4.78, 5) is 11.1. The van der Waals surface area contributed by atoms with Gasteiger partial charge in [0.15, 0.2) is 17.3 Å². The first-order chi connectivity index (χ1) is 13.3. The van der Waals surface area contributed by atoms with E-state index in [1.807, 2.05) is 6.07 Å². The van der Waals surface area contributed by atoms with E-state index in [4.69, 9.17) is 13.9 Å². The van der Waals surface area contributed by atoms with Crippen LogP contribution in [0.3, 0.4) is 0 Å². The Labute approximate surface area is 160 Å². The highest BCUT2D eigenvalue weighted by Crippen LogP contribution is 2.31. The van der Waals surface area contributed by atoms with E-state index in [0.29, 0.717) is 22.4 Å². The molecule has 1 N–H and O–H groups in total. The van der Waals surface area contributed by atoms with Crippen molar-refractivity contribution in [3.8, 4) is 11.5 Å². The van der Waals surface area contributed by atoms with Gasteiger partial charge >= 0.3 is 0 Å². The van der Waals surface area contributed by atoms with Gasteiger partial charge in [0.1, 0.15) is 24.3 Å². The molecule has 1 unspecified atom stereocenters. The maximum absolute atomic E-state index is 12.6. The SMILES string of the molecule is Cc1c(C(=O)[O-])oc2ccc(S(=O)(=O)NCC3COc4ccccc4O3)cc12. The fourth-order valence-corrected chi connectivity index (χ4v) is 4.10. The Hall–Kier alpha value is -3.04. The van der Waals surface area contributed by atoms with Crippen LogP contribution in [-0.4, -0.2) is 33.6 Å². The van der Waals surface area contributed by atoms with Crippen LogP contribution >= 0.6 is 0 Å². The fourth-order valence-electron chi connectivity index (χ4n) is 3.01. The predicted octanol–water partition coefficient (Wildman–Crippen LogP) is 1.22. The lowest BCUT2D eigenvalue weighted by Gasteiger charge is -2.26. The minimum atomic E-state index is -3.85. The molecule has 1 atom stereocenters. The predicted molar refractivity (Wildman–Crippen MR) is 96.8 cm³/mol. The molecule has 0 bridgehead atoms. The number of para-hydroxylation sites is 2. The summed E-state index contributed by atoms with van der Waals surface area (Å²) in [6.07, 6.45) is -0.478. The number of hydrogen-bond acceptors (Lipinski definition) is 7. The fraction of sp³-hybridized carbons (Fsp3) is 0.211. The Kier molecular flexibility index (Phi) is 4.48. The smallest absolute Gasteiger partial charge is 0.240 e. The maximum atomic E-state index is 12.6. The van der Waals surface area contributed by atoms with E-state index < -0.39 is 22.1 Å². The number of hydrogen-bond donors (Lipinski definition) is 1. The molecule has 4 rings (SSSR count). The number of aromatic carboxylic acids is 1. The summed E-state index contributed by atoms with van der Waals surface area (Å²) in [7, 11) is -3.85. The molecule has 9 heteroatoms.